The lowest BCUT2D eigenvalue weighted by atomic mass is 10.2. The van der Waals surface area contributed by atoms with Crippen LogP contribution in [-0.4, -0.2) is 30.5 Å². The van der Waals surface area contributed by atoms with Gasteiger partial charge in [0.1, 0.15) is 11.6 Å². The Labute approximate surface area is 120 Å². The summed E-state index contributed by atoms with van der Waals surface area (Å²) in [6.45, 7) is 9.42. The molecule has 3 nitrogen and oxygen atoms in total. The maximum absolute atomic E-state index is 12.7. The van der Waals surface area contributed by atoms with Crippen LogP contribution in [0.2, 0.25) is 0 Å². The van der Waals surface area contributed by atoms with Crippen LogP contribution in [0.3, 0.4) is 0 Å². The predicted molar refractivity (Wildman–Crippen MR) is 78.2 cm³/mol. The fourth-order valence-electron chi connectivity index (χ4n) is 1.80. The van der Waals surface area contributed by atoms with Gasteiger partial charge in [0.25, 0.3) is 0 Å². The van der Waals surface area contributed by atoms with E-state index in [0.29, 0.717) is 38.3 Å². The third-order valence-electron chi connectivity index (χ3n) is 2.81. The van der Waals surface area contributed by atoms with Crippen LogP contribution >= 0.6 is 0 Å². The first-order chi connectivity index (χ1) is 9.52. The molecular weight excluding hydrogens is 257 g/mol. The number of hydrogen-bond acceptors (Lipinski definition) is 2. The first kappa shape index (κ1) is 16.2. The standard InChI is InChI=1S/C16H22FNO2/c1-4-18(12-13(2)3)16(19)6-5-11-20-15-9-7-14(17)8-10-15/h7-10H,2,4-6,11-12H2,1,3H3. The lowest BCUT2D eigenvalue weighted by Gasteiger charge is -2.20. The molecule has 0 aliphatic heterocycles. The molecule has 1 rings (SSSR count). The van der Waals surface area contributed by atoms with Gasteiger partial charge in [0, 0.05) is 19.5 Å². The molecule has 1 amide bonds. The Hall–Kier alpha value is -1.84. The number of benzene rings is 1. The zero-order valence-electron chi connectivity index (χ0n) is 12.2. The molecule has 0 aromatic heterocycles. The normalized spacial score (nSPS) is 10.2. The van der Waals surface area contributed by atoms with Gasteiger partial charge in [0.05, 0.1) is 6.61 Å². The Morgan fingerprint density at radius 1 is 1.35 bits per heavy atom. The van der Waals surface area contributed by atoms with Crippen LogP contribution in [0.5, 0.6) is 5.75 Å². The first-order valence-corrected chi connectivity index (χ1v) is 6.83. The molecule has 0 aliphatic rings. The van der Waals surface area contributed by atoms with Crippen molar-refractivity contribution < 1.29 is 13.9 Å². The third-order valence-corrected chi connectivity index (χ3v) is 2.81. The van der Waals surface area contributed by atoms with Crippen molar-refractivity contribution in [1.82, 2.24) is 4.90 Å². The smallest absolute Gasteiger partial charge is 0.222 e. The van der Waals surface area contributed by atoms with Gasteiger partial charge in [-0.15, -0.1) is 0 Å². The van der Waals surface area contributed by atoms with E-state index in [1.807, 2.05) is 13.8 Å². The second-order valence-corrected chi connectivity index (χ2v) is 4.77. The number of nitrogens with zero attached hydrogens (tertiary/aromatic N) is 1. The summed E-state index contributed by atoms with van der Waals surface area (Å²) in [7, 11) is 0. The van der Waals surface area contributed by atoms with Crippen LogP contribution in [-0.2, 0) is 4.79 Å². The fraction of sp³-hybridized carbons (Fsp3) is 0.438. The quantitative estimate of drug-likeness (QED) is 0.539. The topological polar surface area (TPSA) is 29.5 Å². The Kier molecular flexibility index (Phi) is 6.77. The number of carbonyl (C=O) groups is 1. The van der Waals surface area contributed by atoms with E-state index < -0.39 is 0 Å². The minimum atomic E-state index is -0.286. The van der Waals surface area contributed by atoms with Crippen LogP contribution in [0.4, 0.5) is 4.39 Å². The molecule has 0 aliphatic carbocycles. The average Bonchev–Trinajstić information content (AvgIpc) is 2.42. The van der Waals surface area contributed by atoms with Crippen LogP contribution in [0.1, 0.15) is 26.7 Å². The summed E-state index contributed by atoms with van der Waals surface area (Å²) in [6, 6.07) is 5.87. The minimum Gasteiger partial charge on any atom is -0.494 e. The number of ether oxygens (including phenoxy) is 1. The lowest BCUT2D eigenvalue weighted by molar-refractivity contribution is -0.130. The van der Waals surface area contributed by atoms with E-state index in [9.17, 15) is 9.18 Å². The molecule has 0 unspecified atom stereocenters. The lowest BCUT2D eigenvalue weighted by Crippen LogP contribution is -2.32. The second-order valence-electron chi connectivity index (χ2n) is 4.77. The Balaban J connectivity index is 2.27. The number of amides is 1. The average molecular weight is 279 g/mol. The number of halogens is 1. The SMILES string of the molecule is C=C(C)CN(CC)C(=O)CCCOc1ccc(F)cc1. The molecule has 0 heterocycles. The molecule has 0 radical (unpaired) electrons. The Bertz CT molecular complexity index is 442. The van der Waals surface area contributed by atoms with Crippen LogP contribution in [0.15, 0.2) is 36.4 Å². The van der Waals surface area contributed by atoms with Gasteiger partial charge in [0.15, 0.2) is 0 Å². The predicted octanol–water partition coefficient (Wildman–Crippen LogP) is 3.41. The summed E-state index contributed by atoms with van der Waals surface area (Å²) >= 11 is 0. The van der Waals surface area contributed by atoms with Gasteiger partial charge in [-0.2, -0.15) is 0 Å². The molecule has 4 heteroatoms. The van der Waals surface area contributed by atoms with Gasteiger partial charge in [-0.25, -0.2) is 4.39 Å². The second kappa shape index (κ2) is 8.35. The molecule has 0 spiro atoms. The van der Waals surface area contributed by atoms with Gasteiger partial charge in [0.2, 0.25) is 5.91 Å². The van der Waals surface area contributed by atoms with E-state index in [1.54, 1.807) is 17.0 Å². The zero-order valence-corrected chi connectivity index (χ0v) is 12.2. The highest BCUT2D eigenvalue weighted by Crippen LogP contribution is 2.11. The zero-order chi connectivity index (χ0) is 15.0. The monoisotopic (exact) mass is 279 g/mol. The largest absolute Gasteiger partial charge is 0.494 e. The molecule has 1 aromatic rings. The summed E-state index contributed by atoms with van der Waals surface area (Å²) in [5, 5.41) is 0. The molecule has 110 valence electrons. The van der Waals surface area contributed by atoms with E-state index in [2.05, 4.69) is 6.58 Å². The van der Waals surface area contributed by atoms with E-state index in [4.69, 9.17) is 4.74 Å². The van der Waals surface area contributed by atoms with Crippen LogP contribution in [0, 0.1) is 5.82 Å². The van der Waals surface area contributed by atoms with Crippen molar-refractivity contribution in [2.75, 3.05) is 19.7 Å². The molecule has 1 aromatic carbocycles. The van der Waals surface area contributed by atoms with Crippen LogP contribution < -0.4 is 4.74 Å². The highest BCUT2D eigenvalue weighted by molar-refractivity contribution is 5.76. The van der Waals surface area contributed by atoms with Crippen molar-refractivity contribution in [3.63, 3.8) is 0 Å². The van der Waals surface area contributed by atoms with E-state index >= 15 is 0 Å². The number of carbonyl (C=O) groups excluding carboxylic acids is 1. The summed E-state index contributed by atoms with van der Waals surface area (Å²) in [5.74, 6) is 0.442. The maximum atomic E-state index is 12.7. The van der Waals surface area contributed by atoms with E-state index in [0.717, 1.165) is 5.57 Å². The van der Waals surface area contributed by atoms with Gasteiger partial charge in [-0.1, -0.05) is 12.2 Å². The summed E-state index contributed by atoms with van der Waals surface area (Å²) in [4.78, 5) is 13.7. The van der Waals surface area contributed by atoms with Crippen molar-refractivity contribution in [2.24, 2.45) is 0 Å². The van der Waals surface area contributed by atoms with Crippen molar-refractivity contribution in [1.29, 1.82) is 0 Å². The van der Waals surface area contributed by atoms with Crippen molar-refractivity contribution >= 4 is 5.91 Å². The minimum absolute atomic E-state index is 0.109. The molecule has 20 heavy (non-hydrogen) atoms. The molecule has 0 N–H and O–H groups in total. The molecule has 0 atom stereocenters. The Morgan fingerprint density at radius 2 is 2.00 bits per heavy atom. The van der Waals surface area contributed by atoms with E-state index in [-0.39, 0.29) is 11.7 Å². The summed E-state index contributed by atoms with van der Waals surface area (Å²) in [5.41, 5.74) is 0.975. The third kappa shape index (κ3) is 5.87. The highest BCUT2D eigenvalue weighted by Gasteiger charge is 2.10. The maximum Gasteiger partial charge on any atom is 0.222 e. The summed E-state index contributed by atoms with van der Waals surface area (Å²) < 4.78 is 18.2. The molecule has 0 saturated carbocycles. The number of rotatable bonds is 8. The summed E-state index contributed by atoms with van der Waals surface area (Å²) in [6.07, 6.45) is 1.09. The fourth-order valence-corrected chi connectivity index (χ4v) is 1.80. The van der Waals surface area contributed by atoms with Gasteiger partial charge in [-0.05, 0) is 44.5 Å². The van der Waals surface area contributed by atoms with Gasteiger partial charge < -0.3 is 9.64 Å². The van der Waals surface area contributed by atoms with Gasteiger partial charge in [-0.3, -0.25) is 4.79 Å². The van der Waals surface area contributed by atoms with Crippen molar-refractivity contribution in [2.45, 2.75) is 26.7 Å². The van der Waals surface area contributed by atoms with Crippen molar-refractivity contribution in [3.8, 4) is 5.75 Å². The molecule has 0 bridgehead atoms. The molecule has 0 saturated heterocycles. The van der Waals surface area contributed by atoms with Crippen molar-refractivity contribution in [3.05, 3.63) is 42.2 Å². The highest BCUT2D eigenvalue weighted by atomic mass is 19.1. The van der Waals surface area contributed by atoms with E-state index in [1.165, 1.54) is 12.1 Å². The number of likely N-dealkylation sites (N-methyl/N-ethyl adjacent to an activating group) is 1. The first-order valence-electron chi connectivity index (χ1n) is 6.83. The molecular formula is C16H22FNO2. The molecule has 0 fully saturated rings. The Morgan fingerprint density at radius 3 is 2.55 bits per heavy atom. The van der Waals surface area contributed by atoms with Gasteiger partial charge >= 0.3 is 0 Å². The van der Waals surface area contributed by atoms with Crippen LogP contribution in [0.25, 0.3) is 0 Å². The number of hydrogen-bond donors (Lipinski definition) is 0.